The zero-order valence-corrected chi connectivity index (χ0v) is 23.7. The molecule has 2 amide bonds. The quantitative estimate of drug-likeness (QED) is 0.204. The number of β-lactam (4-membered cyclic amide) rings is 1. The fourth-order valence-corrected chi connectivity index (χ4v) is 6.48. The van der Waals surface area contributed by atoms with E-state index in [1.807, 2.05) is 149 Å². The second-order valence-corrected chi connectivity index (χ2v) is 10.8. The molecule has 43 heavy (non-hydrogen) atoms. The number of hydrogen-bond acceptors (Lipinski definition) is 4. The summed E-state index contributed by atoms with van der Waals surface area (Å²) in [5, 5.41) is 0. The number of rotatable bonds is 6. The van der Waals surface area contributed by atoms with Crippen LogP contribution in [0, 0.1) is 0 Å². The lowest BCUT2D eigenvalue weighted by Crippen LogP contribution is -2.74. The standard InChI is InChI=1S/C37H30N2O4/c1-42-29-23-21-26(22-24-29)33-25-37(28-15-7-3-8-16-28)34(43-30-17-9-4-10-18-30)36(41)39(37)32-20-12-11-19-31(32)38(33)35(40)27-13-5-2-6-14-27/h2-24,33-34H,25H2,1H3/t33-,34-,37-/m0/s1. The maximum atomic E-state index is 14.5. The summed E-state index contributed by atoms with van der Waals surface area (Å²) in [6, 6.07) is 43.8. The molecule has 5 aromatic carbocycles. The molecule has 2 heterocycles. The molecule has 5 aromatic rings. The molecule has 0 N–H and O–H groups in total. The van der Waals surface area contributed by atoms with Crippen LogP contribution in [-0.2, 0) is 10.3 Å². The smallest absolute Gasteiger partial charge is 0.271 e. The highest BCUT2D eigenvalue weighted by molar-refractivity contribution is 6.14. The van der Waals surface area contributed by atoms with E-state index in [9.17, 15) is 9.59 Å². The number of carbonyl (C=O) groups is 2. The average Bonchev–Trinajstić information content (AvgIpc) is 3.19. The third-order valence-electron chi connectivity index (χ3n) is 8.49. The zero-order valence-electron chi connectivity index (χ0n) is 23.7. The van der Waals surface area contributed by atoms with Gasteiger partial charge in [-0.3, -0.25) is 19.4 Å². The first-order valence-corrected chi connectivity index (χ1v) is 14.3. The Hall–Kier alpha value is -5.36. The first-order chi connectivity index (χ1) is 21.1. The van der Waals surface area contributed by atoms with E-state index in [0.29, 0.717) is 29.1 Å². The molecule has 3 atom stereocenters. The number of amides is 2. The van der Waals surface area contributed by atoms with E-state index in [1.54, 1.807) is 7.11 Å². The Morgan fingerprint density at radius 2 is 1.28 bits per heavy atom. The number of anilines is 2. The van der Waals surface area contributed by atoms with E-state index in [2.05, 4.69) is 0 Å². The molecular formula is C37H30N2O4. The summed E-state index contributed by atoms with van der Waals surface area (Å²) in [7, 11) is 1.63. The summed E-state index contributed by atoms with van der Waals surface area (Å²) < 4.78 is 12.0. The summed E-state index contributed by atoms with van der Waals surface area (Å²) in [6.07, 6.45) is -0.405. The molecular weight excluding hydrogens is 536 g/mol. The van der Waals surface area contributed by atoms with Crippen molar-refractivity contribution < 1.29 is 19.1 Å². The van der Waals surface area contributed by atoms with E-state index in [4.69, 9.17) is 9.47 Å². The van der Waals surface area contributed by atoms with Crippen LogP contribution in [0.3, 0.4) is 0 Å². The number of benzene rings is 5. The average molecular weight is 567 g/mol. The molecule has 1 fully saturated rings. The van der Waals surface area contributed by atoms with Gasteiger partial charge in [-0.15, -0.1) is 0 Å². The molecule has 0 radical (unpaired) electrons. The van der Waals surface area contributed by atoms with Gasteiger partial charge in [0.1, 0.15) is 17.0 Å². The van der Waals surface area contributed by atoms with Gasteiger partial charge in [-0.25, -0.2) is 0 Å². The van der Waals surface area contributed by atoms with Gasteiger partial charge in [0.15, 0.2) is 0 Å². The van der Waals surface area contributed by atoms with Crippen molar-refractivity contribution in [3.63, 3.8) is 0 Å². The highest BCUT2D eigenvalue weighted by atomic mass is 16.5. The Morgan fingerprint density at radius 3 is 1.93 bits per heavy atom. The van der Waals surface area contributed by atoms with Gasteiger partial charge in [0, 0.05) is 12.0 Å². The minimum atomic E-state index is -0.902. The van der Waals surface area contributed by atoms with E-state index >= 15 is 0 Å². The minimum absolute atomic E-state index is 0.146. The predicted octanol–water partition coefficient (Wildman–Crippen LogP) is 7.18. The molecule has 6 nitrogen and oxygen atoms in total. The van der Waals surface area contributed by atoms with Crippen molar-refractivity contribution in [1.29, 1.82) is 0 Å². The molecule has 2 aliphatic rings. The summed E-state index contributed by atoms with van der Waals surface area (Å²) in [4.78, 5) is 32.5. The molecule has 0 aromatic heterocycles. The molecule has 1 saturated heterocycles. The first-order valence-electron chi connectivity index (χ1n) is 14.3. The van der Waals surface area contributed by atoms with Crippen LogP contribution >= 0.6 is 0 Å². The third kappa shape index (κ3) is 4.34. The second-order valence-electron chi connectivity index (χ2n) is 10.8. The lowest BCUT2D eigenvalue weighted by Gasteiger charge is -2.56. The Morgan fingerprint density at radius 1 is 0.698 bits per heavy atom. The maximum Gasteiger partial charge on any atom is 0.271 e. The van der Waals surface area contributed by atoms with Crippen LogP contribution < -0.4 is 19.3 Å². The number of nitrogens with zero attached hydrogens (tertiary/aromatic N) is 2. The van der Waals surface area contributed by atoms with Gasteiger partial charge in [0.25, 0.3) is 11.8 Å². The molecule has 0 saturated carbocycles. The molecule has 0 bridgehead atoms. The van der Waals surface area contributed by atoms with E-state index in [-0.39, 0.29) is 11.8 Å². The Bertz CT molecular complexity index is 1760. The van der Waals surface area contributed by atoms with Gasteiger partial charge in [-0.05, 0) is 59.7 Å². The SMILES string of the molecule is COc1ccc([C@@H]2C[C@]3(c4ccccc4)[C@@H](Oc4ccccc4)C(=O)N3c3ccccc3N2C(=O)c2ccccc2)cc1. The van der Waals surface area contributed by atoms with Crippen molar-refractivity contribution in [2.45, 2.75) is 24.1 Å². The number of methoxy groups -OCH3 is 1. The van der Waals surface area contributed by atoms with Gasteiger partial charge < -0.3 is 9.47 Å². The largest absolute Gasteiger partial charge is 0.497 e. The lowest BCUT2D eigenvalue weighted by molar-refractivity contribution is -0.142. The van der Waals surface area contributed by atoms with Gasteiger partial charge >= 0.3 is 0 Å². The first kappa shape index (κ1) is 26.5. The maximum absolute atomic E-state index is 14.5. The molecule has 6 heteroatoms. The highest BCUT2D eigenvalue weighted by Gasteiger charge is 2.66. The fourth-order valence-electron chi connectivity index (χ4n) is 6.48. The van der Waals surface area contributed by atoms with Crippen molar-refractivity contribution in [2.24, 2.45) is 0 Å². The topological polar surface area (TPSA) is 59.1 Å². The van der Waals surface area contributed by atoms with Crippen molar-refractivity contribution in [1.82, 2.24) is 0 Å². The minimum Gasteiger partial charge on any atom is -0.497 e. The summed E-state index contributed by atoms with van der Waals surface area (Å²) in [5.41, 5.74) is 2.87. The van der Waals surface area contributed by atoms with Crippen LogP contribution in [0.25, 0.3) is 0 Å². The van der Waals surface area contributed by atoms with Crippen LogP contribution in [0.1, 0.15) is 33.9 Å². The highest BCUT2D eigenvalue weighted by Crippen LogP contribution is 2.57. The van der Waals surface area contributed by atoms with Crippen LogP contribution in [0.5, 0.6) is 11.5 Å². The number of para-hydroxylation sites is 3. The van der Waals surface area contributed by atoms with Crippen molar-refractivity contribution in [2.75, 3.05) is 16.9 Å². The van der Waals surface area contributed by atoms with Gasteiger partial charge in [-0.1, -0.05) is 91.0 Å². The van der Waals surface area contributed by atoms with Crippen molar-refractivity contribution >= 4 is 23.2 Å². The number of carbonyl (C=O) groups excluding carboxylic acids is 2. The molecule has 0 spiro atoms. The second kappa shape index (κ2) is 10.8. The lowest BCUT2D eigenvalue weighted by atomic mass is 9.70. The fraction of sp³-hybridized carbons (Fsp3) is 0.135. The predicted molar refractivity (Wildman–Crippen MR) is 167 cm³/mol. The van der Waals surface area contributed by atoms with Crippen molar-refractivity contribution in [3.8, 4) is 11.5 Å². The van der Waals surface area contributed by atoms with Crippen LogP contribution in [-0.4, -0.2) is 25.0 Å². The third-order valence-corrected chi connectivity index (χ3v) is 8.49. The van der Waals surface area contributed by atoms with Gasteiger partial charge in [-0.2, -0.15) is 0 Å². The van der Waals surface area contributed by atoms with Crippen LogP contribution in [0.15, 0.2) is 140 Å². The monoisotopic (exact) mass is 566 g/mol. The zero-order chi connectivity index (χ0) is 29.4. The van der Waals surface area contributed by atoms with Crippen LogP contribution in [0.2, 0.25) is 0 Å². The van der Waals surface area contributed by atoms with Crippen LogP contribution in [0.4, 0.5) is 11.4 Å². The van der Waals surface area contributed by atoms with Crippen molar-refractivity contribution in [3.05, 3.63) is 156 Å². The normalized spacial score (nSPS) is 20.7. The Balaban J connectivity index is 1.48. The molecule has 212 valence electrons. The van der Waals surface area contributed by atoms with E-state index in [0.717, 1.165) is 16.9 Å². The molecule has 0 unspecified atom stereocenters. The van der Waals surface area contributed by atoms with Gasteiger partial charge in [0.05, 0.1) is 24.5 Å². The number of fused-ring (bicyclic) bond motifs is 3. The number of ether oxygens (including phenoxy) is 2. The Kier molecular flexibility index (Phi) is 6.67. The molecule has 7 rings (SSSR count). The van der Waals surface area contributed by atoms with Gasteiger partial charge in [0.2, 0.25) is 6.10 Å². The number of hydrogen-bond donors (Lipinski definition) is 0. The summed E-state index contributed by atoms with van der Waals surface area (Å²) >= 11 is 0. The van der Waals surface area contributed by atoms with E-state index < -0.39 is 17.7 Å². The molecule has 2 aliphatic heterocycles. The summed E-state index contributed by atoms with van der Waals surface area (Å²) in [5.74, 6) is 1.05. The van der Waals surface area contributed by atoms with E-state index in [1.165, 1.54) is 0 Å². The Labute approximate surface area is 250 Å². The summed E-state index contributed by atoms with van der Waals surface area (Å²) in [6.45, 7) is 0. The molecule has 0 aliphatic carbocycles.